The molecule has 0 heterocycles. The minimum atomic E-state index is -0.0441. The van der Waals surface area contributed by atoms with E-state index in [1.54, 1.807) is 7.11 Å². The highest BCUT2D eigenvalue weighted by molar-refractivity contribution is 6.31. The lowest BCUT2D eigenvalue weighted by molar-refractivity contribution is -0.115. The first-order valence-corrected chi connectivity index (χ1v) is 7.41. The van der Waals surface area contributed by atoms with E-state index in [1.807, 2.05) is 49.4 Å². The number of anilines is 2. The summed E-state index contributed by atoms with van der Waals surface area (Å²) in [6.45, 7) is 2.49. The van der Waals surface area contributed by atoms with Crippen molar-refractivity contribution >= 4 is 28.9 Å². The fourth-order valence-electron chi connectivity index (χ4n) is 2.01. The predicted molar refractivity (Wildman–Crippen MR) is 90.9 cm³/mol. The van der Waals surface area contributed by atoms with Gasteiger partial charge in [-0.15, -0.1) is 0 Å². The van der Waals surface area contributed by atoms with Crippen LogP contribution in [0.25, 0.3) is 0 Å². The maximum Gasteiger partial charge on any atom is 0.226 e. The standard InChI is InChI=1S/C17H19ClN2O2/c1-12-15(18)4-3-5-16(12)19-11-10-17(21)20-13-6-8-14(22-2)9-7-13/h3-9,19H,10-11H2,1-2H3,(H,20,21). The molecule has 22 heavy (non-hydrogen) atoms. The molecule has 2 aromatic carbocycles. The third-order valence-corrected chi connectivity index (χ3v) is 3.72. The molecule has 2 N–H and O–H groups in total. The summed E-state index contributed by atoms with van der Waals surface area (Å²) in [6, 6.07) is 12.9. The van der Waals surface area contributed by atoms with Gasteiger partial charge < -0.3 is 15.4 Å². The highest BCUT2D eigenvalue weighted by Crippen LogP contribution is 2.22. The molecular formula is C17H19ClN2O2. The number of amides is 1. The number of rotatable bonds is 6. The average molecular weight is 319 g/mol. The van der Waals surface area contributed by atoms with Crippen molar-refractivity contribution in [1.82, 2.24) is 0 Å². The van der Waals surface area contributed by atoms with Crippen LogP contribution in [0.2, 0.25) is 5.02 Å². The molecule has 0 aliphatic rings. The first kappa shape index (κ1) is 16.2. The van der Waals surface area contributed by atoms with E-state index in [9.17, 15) is 4.79 Å². The Bertz CT molecular complexity index is 642. The van der Waals surface area contributed by atoms with Crippen LogP contribution in [-0.4, -0.2) is 19.6 Å². The Kier molecular flexibility index (Phi) is 5.67. The maximum atomic E-state index is 11.9. The summed E-state index contributed by atoms with van der Waals surface area (Å²) >= 11 is 6.06. The monoisotopic (exact) mass is 318 g/mol. The van der Waals surface area contributed by atoms with Crippen LogP contribution in [0.15, 0.2) is 42.5 Å². The van der Waals surface area contributed by atoms with Crippen molar-refractivity contribution in [2.75, 3.05) is 24.3 Å². The Balaban J connectivity index is 1.81. The van der Waals surface area contributed by atoms with Gasteiger partial charge in [0.15, 0.2) is 0 Å². The zero-order valence-corrected chi connectivity index (χ0v) is 13.4. The maximum absolute atomic E-state index is 11.9. The molecule has 0 saturated heterocycles. The molecule has 0 spiro atoms. The highest BCUT2D eigenvalue weighted by atomic mass is 35.5. The van der Waals surface area contributed by atoms with Gasteiger partial charge in [-0.3, -0.25) is 4.79 Å². The Morgan fingerprint density at radius 1 is 1.18 bits per heavy atom. The molecule has 0 bridgehead atoms. The fourth-order valence-corrected chi connectivity index (χ4v) is 2.18. The van der Waals surface area contributed by atoms with Gasteiger partial charge in [-0.2, -0.15) is 0 Å². The number of benzene rings is 2. The number of nitrogens with one attached hydrogen (secondary N) is 2. The Hall–Kier alpha value is -2.20. The highest BCUT2D eigenvalue weighted by Gasteiger charge is 2.05. The minimum Gasteiger partial charge on any atom is -0.497 e. The van der Waals surface area contributed by atoms with E-state index in [1.165, 1.54) is 0 Å². The molecule has 116 valence electrons. The van der Waals surface area contributed by atoms with Crippen molar-refractivity contribution in [3.8, 4) is 5.75 Å². The molecule has 0 fully saturated rings. The van der Waals surface area contributed by atoms with Crippen molar-refractivity contribution in [2.45, 2.75) is 13.3 Å². The van der Waals surface area contributed by atoms with E-state index >= 15 is 0 Å². The SMILES string of the molecule is COc1ccc(NC(=O)CCNc2cccc(Cl)c2C)cc1. The number of methoxy groups -OCH3 is 1. The summed E-state index contributed by atoms with van der Waals surface area (Å²) < 4.78 is 5.08. The van der Waals surface area contributed by atoms with Crippen LogP contribution >= 0.6 is 11.6 Å². The third-order valence-electron chi connectivity index (χ3n) is 3.31. The van der Waals surface area contributed by atoms with Crippen molar-refractivity contribution in [3.05, 3.63) is 53.1 Å². The third kappa shape index (κ3) is 4.40. The lowest BCUT2D eigenvalue weighted by Crippen LogP contribution is -2.16. The van der Waals surface area contributed by atoms with Gasteiger partial charge in [-0.1, -0.05) is 17.7 Å². The van der Waals surface area contributed by atoms with E-state index in [0.717, 1.165) is 22.7 Å². The molecule has 0 aromatic heterocycles. The molecule has 0 aliphatic heterocycles. The van der Waals surface area contributed by atoms with Gasteiger partial charge in [0.25, 0.3) is 0 Å². The number of hydrogen-bond acceptors (Lipinski definition) is 3. The van der Waals surface area contributed by atoms with E-state index in [-0.39, 0.29) is 5.91 Å². The fraction of sp³-hybridized carbons (Fsp3) is 0.235. The van der Waals surface area contributed by atoms with Gasteiger partial charge in [0.1, 0.15) is 5.75 Å². The van der Waals surface area contributed by atoms with Crippen LogP contribution in [0, 0.1) is 6.92 Å². The van der Waals surface area contributed by atoms with Crippen LogP contribution in [0.1, 0.15) is 12.0 Å². The van der Waals surface area contributed by atoms with Crippen molar-refractivity contribution in [1.29, 1.82) is 0 Å². The van der Waals surface area contributed by atoms with Crippen LogP contribution in [0.5, 0.6) is 5.75 Å². The van der Waals surface area contributed by atoms with Crippen molar-refractivity contribution in [2.24, 2.45) is 0 Å². The van der Waals surface area contributed by atoms with E-state index in [2.05, 4.69) is 10.6 Å². The van der Waals surface area contributed by atoms with E-state index in [0.29, 0.717) is 18.0 Å². The summed E-state index contributed by atoms with van der Waals surface area (Å²) in [7, 11) is 1.61. The summed E-state index contributed by atoms with van der Waals surface area (Å²) in [5.74, 6) is 0.716. The number of carbonyl (C=O) groups is 1. The van der Waals surface area contributed by atoms with Gasteiger partial charge >= 0.3 is 0 Å². The molecular weight excluding hydrogens is 300 g/mol. The first-order valence-electron chi connectivity index (χ1n) is 7.03. The number of ether oxygens (including phenoxy) is 1. The summed E-state index contributed by atoms with van der Waals surface area (Å²) in [5.41, 5.74) is 2.69. The molecule has 5 heteroatoms. The molecule has 2 rings (SSSR count). The Morgan fingerprint density at radius 3 is 2.59 bits per heavy atom. The molecule has 0 radical (unpaired) electrons. The normalized spacial score (nSPS) is 10.1. The van der Waals surface area contributed by atoms with Crippen LogP contribution < -0.4 is 15.4 Å². The minimum absolute atomic E-state index is 0.0441. The van der Waals surface area contributed by atoms with Gasteiger partial charge in [0.2, 0.25) is 5.91 Å². The molecule has 4 nitrogen and oxygen atoms in total. The molecule has 2 aromatic rings. The van der Waals surface area contributed by atoms with E-state index in [4.69, 9.17) is 16.3 Å². The molecule has 0 atom stereocenters. The van der Waals surface area contributed by atoms with Crippen LogP contribution in [0.4, 0.5) is 11.4 Å². The van der Waals surface area contributed by atoms with E-state index < -0.39 is 0 Å². The summed E-state index contributed by atoms with van der Waals surface area (Å²) in [6.07, 6.45) is 0.373. The Morgan fingerprint density at radius 2 is 1.91 bits per heavy atom. The van der Waals surface area contributed by atoms with Gasteiger partial charge in [0.05, 0.1) is 7.11 Å². The quantitative estimate of drug-likeness (QED) is 0.843. The van der Waals surface area contributed by atoms with Crippen LogP contribution in [0.3, 0.4) is 0 Å². The van der Waals surface area contributed by atoms with Gasteiger partial charge in [-0.25, -0.2) is 0 Å². The summed E-state index contributed by atoms with van der Waals surface area (Å²) in [5, 5.41) is 6.78. The number of hydrogen-bond donors (Lipinski definition) is 2. The van der Waals surface area contributed by atoms with Gasteiger partial charge in [-0.05, 0) is 48.9 Å². The lowest BCUT2D eigenvalue weighted by Gasteiger charge is -2.11. The zero-order valence-electron chi connectivity index (χ0n) is 12.7. The topological polar surface area (TPSA) is 50.4 Å². The first-order chi connectivity index (χ1) is 10.6. The largest absolute Gasteiger partial charge is 0.497 e. The molecule has 0 saturated carbocycles. The Labute approximate surface area is 135 Å². The second-order valence-corrected chi connectivity index (χ2v) is 5.27. The number of halogens is 1. The smallest absolute Gasteiger partial charge is 0.226 e. The number of carbonyl (C=O) groups excluding carboxylic acids is 1. The molecule has 0 aliphatic carbocycles. The molecule has 1 amide bonds. The summed E-state index contributed by atoms with van der Waals surface area (Å²) in [4.78, 5) is 11.9. The second-order valence-electron chi connectivity index (χ2n) is 4.87. The van der Waals surface area contributed by atoms with Gasteiger partial charge in [0, 0.05) is 29.4 Å². The van der Waals surface area contributed by atoms with Crippen molar-refractivity contribution in [3.63, 3.8) is 0 Å². The second kappa shape index (κ2) is 7.71. The zero-order chi connectivity index (χ0) is 15.9. The average Bonchev–Trinajstić information content (AvgIpc) is 2.52. The lowest BCUT2D eigenvalue weighted by atomic mass is 10.2. The van der Waals surface area contributed by atoms with Crippen molar-refractivity contribution < 1.29 is 9.53 Å². The molecule has 0 unspecified atom stereocenters. The predicted octanol–water partition coefficient (Wildman–Crippen LogP) is 4.10. The van der Waals surface area contributed by atoms with Crippen LogP contribution in [-0.2, 0) is 4.79 Å².